The molecule has 0 heterocycles. The molecule has 1 saturated carbocycles. The SMILES string of the molecule is CC=C=C1C(=O)CC(C)(C)CC1=O. The summed E-state index contributed by atoms with van der Waals surface area (Å²) in [5, 5.41) is 0. The molecule has 0 aromatic carbocycles. The Morgan fingerprint density at radius 3 is 2.08 bits per heavy atom. The van der Waals surface area contributed by atoms with E-state index in [9.17, 15) is 9.59 Å². The molecule has 0 amide bonds. The Labute approximate surface area is 78.3 Å². The van der Waals surface area contributed by atoms with Gasteiger partial charge < -0.3 is 0 Å². The first-order valence-corrected chi connectivity index (χ1v) is 4.44. The molecule has 2 nitrogen and oxygen atoms in total. The minimum absolute atomic E-state index is 0.0700. The van der Waals surface area contributed by atoms with E-state index in [-0.39, 0.29) is 22.6 Å². The molecule has 70 valence electrons. The van der Waals surface area contributed by atoms with Crippen LogP contribution in [0.25, 0.3) is 0 Å². The Kier molecular flexibility index (Phi) is 2.53. The van der Waals surface area contributed by atoms with Crippen LogP contribution in [0.15, 0.2) is 17.4 Å². The molecule has 0 bridgehead atoms. The number of rotatable bonds is 0. The van der Waals surface area contributed by atoms with Gasteiger partial charge >= 0.3 is 0 Å². The van der Waals surface area contributed by atoms with E-state index in [1.165, 1.54) is 0 Å². The largest absolute Gasteiger partial charge is 0.293 e. The normalized spacial score (nSPS) is 21.3. The Morgan fingerprint density at radius 1 is 1.23 bits per heavy atom. The molecule has 1 aliphatic carbocycles. The number of Topliss-reactive ketones (excluding diaryl/α,β-unsaturated/α-hetero) is 2. The van der Waals surface area contributed by atoms with Gasteiger partial charge in [-0.05, 0) is 18.4 Å². The van der Waals surface area contributed by atoms with E-state index in [1.54, 1.807) is 13.0 Å². The maximum absolute atomic E-state index is 11.5. The van der Waals surface area contributed by atoms with Crippen molar-refractivity contribution in [2.45, 2.75) is 33.6 Å². The van der Waals surface area contributed by atoms with Gasteiger partial charge in [0.1, 0.15) is 5.57 Å². The third-order valence-electron chi connectivity index (χ3n) is 2.12. The number of ketones is 2. The van der Waals surface area contributed by atoms with Gasteiger partial charge in [0.05, 0.1) is 0 Å². The molecule has 0 saturated heterocycles. The minimum atomic E-state index is -0.174. The van der Waals surface area contributed by atoms with Crippen molar-refractivity contribution in [1.29, 1.82) is 0 Å². The highest BCUT2D eigenvalue weighted by Gasteiger charge is 2.35. The second kappa shape index (κ2) is 3.31. The fourth-order valence-electron chi connectivity index (χ4n) is 1.57. The monoisotopic (exact) mass is 178 g/mol. The summed E-state index contributed by atoms with van der Waals surface area (Å²) in [6.45, 7) is 5.64. The van der Waals surface area contributed by atoms with E-state index in [0.29, 0.717) is 12.8 Å². The van der Waals surface area contributed by atoms with Crippen molar-refractivity contribution in [3.8, 4) is 0 Å². The van der Waals surface area contributed by atoms with Crippen molar-refractivity contribution >= 4 is 11.6 Å². The molecular formula is C11H14O2. The fourth-order valence-corrected chi connectivity index (χ4v) is 1.57. The van der Waals surface area contributed by atoms with E-state index in [0.717, 1.165) is 0 Å². The zero-order valence-corrected chi connectivity index (χ0v) is 8.31. The van der Waals surface area contributed by atoms with Crippen LogP contribution in [0.5, 0.6) is 0 Å². The van der Waals surface area contributed by atoms with Gasteiger partial charge in [0.25, 0.3) is 0 Å². The molecule has 0 unspecified atom stereocenters. The molecule has 1 fully saturated rings. The molecule has 0 spiro atoms. The van der Waals surface area contributed by atoms with Gasteiger partial charge in [-0.1, -0.05) is 13.8 Å². The predicted molar refractivity (Wildman–Crippen MR) is 50.3 cm³/mol. The number of hydrogen-bond acceptors (Lipinski definition) is 2. The highest BCUT2D eigenvalue weighted by molar-refractivity contribution is 6.21. The van der Waals surface area contributed by atoms with Gasteiger partial charge in [-0.25, -0.2) is 0 Å². The quantitative estimate of drug-likeness (QED) is 0.323. The molecule has 1 rings (SSSR count). The van der Waals surface area contributed by atoms with Gasteiger partial charge in [0, 0.05) is 12.8 Å². The van der Waals surface area contributed by atoms with Gasteiger partial charge in [-0.2, -0.15) is 0 Å². The third-order valence-corrected chi connectivity index (χ3v) is 2.12. The summed E-state index contributed by atoms with van der Waals surface area (Å²) in [5.41, 5.74) is 2.79. The van der Waals surface area contributed by atoms with Crippen LogP contribution < -0.4 is 0 Å². The molecule has 0 N–H and O–H groups in total. The Balaban J connectivity index is 3.03. The van der Waals surface area contributed by atoms with Crippen molar-refractivity contribution in [1.82, 2.24) is 0 Å². The van der Waals surface area contributed by atoms with Crippen LogP contribution in [-0.4, -0.2) is 11.6 Å². The molecule has 0 radical (unpaired) electrons. The fraction of sp³-hybridized carbons (Fsp3) is 0.545. The summed E-state index contributed by atoms with van der Waals surface area (Å²) < 4.78 is 0. The number of carbonyl (C=O) groups excluding carboxylic acids is 2. The lowest BCUT2D eigenvalue weighted by atomic mass is 9.74. The number of allylic oxidation sites excluding steroid dienone is 1. The van der Waals surface area contributed by atoms with Gasteiger partial charge in [0.2, 0.25) is 0 Å². The van der Waals surface area contributed by atoms with Gasteiger partial charge in [-0.15, -0.1) is 5.73 Å². The lowest BCUT2D eigenvalue weighted by molar-refractivity contribution is -0.127. The van der Waals surface area contributed by atoms with E-state index < -0.39 is 0 Å². The first-order valence-electron chi connectivity index (χ1n) is 4.44. The third kappa shape index (κ3) is 2.16. The number of carbonyl (C=O) groups is 2. The lowest BCUT2D eigenvalue weighted by Crippen LogP contribution is -2.31. The average molecular weight is 178 g/mol. The highest BCUT2D eigenvalue weighted by Crippen LogP contribution is 2.32. The van der Waals surface area contributed by atoms with E-state index in [4.69, 9.17) is 0 Å². The van der Waals surface area contributed by atoms with Crippen molar-refractivity contribution in [3.05, 3.63) is 17.4 Å². The summed E-state index contributed by atoms with van der Waals surface area (Å²) in [4.78, 5) is 22.9. The zero-order chi connectivity index (χ0) is 10.1. The van der Waals surface area contributed by atoms with Crippen LogP contribution in [-0.2, 0) is 9.59 Å². The van der Waals surface area contributed by atoms with Gasteiger partial charge in [0.15, 0.2) is 11.6 Å². The summed E-state index contributed by atoms with van der Waals surface area (Å²) in [5.74, 6) is -0.140. The topological polar surface area (TPSA) is 34.1 Å². The molecule has 13 heavy (non-hydrogen) atoms. The second-order valence-electron chi connectivity index (χ2n) is 4.17. The van der Waals surface area contributed by atoms with Crippen LogP contribution in [0.1, 0.15) is 33.6 Å². The first-order chi connectivity index (χ1) is 5.96. The van der Waals surface area contributed by atoms with Gasteiger partial charge in [-0.3, -0.25) is 9.59 Å². The van der Waals surface area contributed by atoms with E-state index in [2.05, 4.69) is 5.73 Å². The Morgan fingerprint density at radius 2 is 1.69 bits per heavy atom. The average Bonchev–Trinajstić information content (AvgIpc) is 1.94. The van der Waals surface area contributed by atoms with Crippen LogP contribution >= 0.6 is 0 Å². The van der Waals surface area contributed by atoms with Crippen molar-refractivity contribution in [3.63, 3.8) is 0 Å². The Bertz CT molecular complexity index is 293. The van der Waals surface area contributed by atoms with E-state index >= 15 is 0 Å². The smallest absolute Gasteiger partial charge is 0.174 e. The predicted octanol–water partition coefficient (Wildman–Crippen LogP) is 2.05. The summed E-state index contributed by atoms with van der Waals surface area (Å²) in [7, 11) is 0. The maximum atomic E-state index is 11.5. The summed E-state index contributed by atoms with van der Waals surface area (Å²) in [6, 6.07) is 0. The van der Waals surface area contributed by atoms with Crippen molar-refractivity contribution in [2.24, 2.45) is 5.41 Å². The van der Waals surface area contributed by atoms with Crippen LogP contribution in [0.2, 0.25) is 0 Å². The minimum Gasteiger partial charge on any atom is -0.293 e. The van der Waals surface area contributed by atoms with Crippen LogP contribution in [0, 0.1) is 5.41 Å². The molecule has 2 heteroatoms. The number of hydrogen-bond donors (Lipinski definition) is 0. The zero-order valence-electron chi connectivity index (χ0n) is 8.31. The summed E-state index contributed by atoms with van der Waals surface area (Å²) in [6.07, 6.45) is 2.52. The summed E-state index contributed by atoms with van der Waals surface area (Å²) >= 11 is 0. The molecule has 0 aromatic rings. The molecule has 0 atom stereocenters. The standard InChI is InChI=1S/C11H14O2/c1-4-5-8-9(12)6-11(2,3)7-10(8)13/h4H,6-7H2,1-3H3. The van der Waals surface area contributed by atoms with E-state index in [1.807, 2.05) is 13.8 Å². The molecule has 0 aliphatic heterocycles. The highest BCUT2D eigenvalue weighted by atomic mass is 16.1. The van der Waals surface area contributed by atoms with Crippen LogP contribution in [0.4, 0.5) is 0 Å². The van der Waals surface area contributed by atoms with Crippen molar-refractivity contribution in [2.75, 3.05) is 0 Å². The molecule has 0 aromatic heterocycles. The maximum Gasteiger partial charge on any atom is 0.174 e. The Hall–Kier alpha value is -1.14. The van der Waals surface area contributed by atoms with Crippen molar-refractivity contribution < 1.29 is 9.59 Å². The lowest BCUT2D eigenvalue weighted by Gasteiger charge is -2.27. The molecular weight excluding hydrogens is 164 g/mol. The second-order valence-corrected chi connectivity index (χ2v) is 4.17. The molecule has 1 aliphatic rings. The first kappa shape index (κ1) is 9.94. The van der Waals surface area contributed by atoms with Crippen LogP contribution in [0.3, 0.4) is 0 Å².